The molecule has 70 valence electrons. The second-order valence-electron chi connectivity index (χ2n) is 2.31. The fourth-order valence-electron chi connectivity index (χ4n) is 0.798. The first-order valence-corrected chi connectivity index (χ1v) is 4.08. The third-order valence-electron chi connectivity index (χ3n) is 1.38. The molecule has 0 spiro atoms. The van der Waals surface area contributed by atoms with Gasteiger partial charge in [0.05, 0.1) is 5.56 Å². The van der Waals surface area contributed by atoms with E-state index in [0.717, 1.165) is 12.1 Å². The molecule has 0 heterocycles. The maximum absolute atomic E-state index is 12.8. The van der Waals surface area contributed by atoms with E-state index in [4.69, 9.17) is 0 Å². The molecule has 1 aromatic rings. The molecule has 0 atom stereocenters. The van der Waals surface area contributed by atoms with Gasteiger partial charge in [-0.25, -0.2) is 4.39 Å². The van der Waals surface area contributed by atoms with Crippen molar-refractivity contribution >= 4 is 21.7 Å². The van der Waals surface area contributed by atoms with Crippen molar-refractivity contribution in [3.63, 3.8) is 0 Å². The summed E-state index contributed by atoms with van der Waals surface area (Å²) in [7, 11) is 0. The highest BCUT2D eigenvalue weighted by molar-refractivity contribution is 9.10. The van der Waals surface area contributed by atoms with Crippen molar-refractivity contribution in [2.24, 2.45) is 0 Å². The number of halogens is 4. The first-order valence-electron chi connectivity index (χ1n) is 3.29. The number of Topliss-reactive ketones (excluding diaryl/α,β-unsaturated/α-hetero) is 1. The highest BCUT2D eigenvalue weighted by atomic mass is 79.9. The van der Waals surface area contributed by atoms with Crippen molar-refractivity contribution in [3.8, 4) is 0 Å². The molecule has 0 amide bonds. The van der Waals surface area contributed by atoms with Crippen LogP contribution in [0.1, 0.15) is 10.4 Å². The monoisotopic (exact) mass is 252 g/mol. The van der Waals surface area contributed by atoms with Crippen LogP contribution in [0.4, 0.5) is 13.2 Å². The lowest BCUT2D eigenvalue weighted by Crippen LogP contribution is -2.21. The van der Waals surface area contributed by atoms with Gasteiger partial charge in [-0.15, -0.1) is 0 Å². The van der Waals surface area contributed by atoms with Crippen molar-refractivity contribution in [2.75, 3.05) is 0 Å². The minimum Gasteiger partial charge on any atom is -0.286 e. The average Bonchev–Trinajstić information content (AvgIpc) is 2.02. The van der Waals surface area contributed by atoms with Crippen molar-refractivity contribution in [3.05, 3.63) is 35.6 Å². The smallest absolute Gasteiger partial charge is 0.286 e. The Kier molecular flexibility index (Phi) is 2.75. The van der Waals surface area contributed by atoms with Crippen LogP contribution in [0.3, 0.4) is 0 Å². The number of rotatable bonds is 2. The number of carbonyl (C=O) groups is 1. The first-order chi connectivity index (χ1) is 5.93. The van der Waals surface area contributed by atoms with E-state index in [1.54, 1.807) is 0 Å². The average molecular weight is 253 g/mol. The van der Waals surface area contributed by atoms with Gasteiger partial charge < -0.3 is 0 Å². The normalized spacial score (nSPS) is 11.4. The van der Waals surface area contributed by atoms with Crippen LogP contribution in [0.25, 0.3) is 0 Å². The Morgan fingerprint density at radius 3 is 2.31 bits per heavy atom. The number of alkyl halides is 3. The summed E-state index contributed by atoms with van der Waals surface area (Å²) in [5, 5.41) is 0. The topological polar surface area (TPSA) is 17.1 Å². The van der Waals surface area contributed by atoms with Crippen LogP contribution in [-0.2, 0) is 0 Å². The van der Waals surface area contributed by atoms with Gasteiger partial charge in [0.2, 0.25) is 5.78 Å². The van der Waals surface area contributed by atoms with Gasteiger partial charge >= 0.3 is 4.83 Å². The van der Waals surface area contributed by atoms with Crippen molar-refractivity contribution in [1.29, 1.82) is 0 Å². The molecule has 0 saturated carbocycles. The molecule has 0 N–H and O–H groups in total. The number of ketones is 1. The van der Waals surface area contributed by atoms with E-state index in [-0.39, 0.29) is 0 Å². The van der Waals surface area contributed by atoms with E-state index in [2.05, 4.69) is 0 Å². The number of carbonyl (C=O) groups excluding carboxylic acids is 1. The van der Waals surface area contributed by atoms with Crippen LogP contribution in [0.2, 0.25) is 0 Å². The number of hydrogen-bond donors (Lipinski definition) is 0. The minimum atomic E-state index is -3.71. The fourth-order valence-corrected chi connectivity index (χ4v) is 1.01. The zero-order valence-corrected chi connectivity index (χ0v) is 7.82. The Balaban J connectivity index is 3.10. The maximum Gasteiger partial charge on any atom is 0.363 e. The molecule has 1 aromatic carbocycles. The summed E-state index contributed by atoms with van der Waals surface area (Å²) in [6, 6.07) is 4.59. The lowest BCUT2D eigenvalue weighted by molar-refractivity contribution is 0.0588. The fraction of sp³-hybridized carbons (Fsp3) is 0.125. The van der Waals surface area contributed by atoms with Crippen molar-refractivity contribution in [2.45, 2.75) is 4.83 Å². The quantitative estimate of drug-likeness (QED) is 0.584. The Hall–Kier alpha value is -0.840. The molecule has 5 heteroatoms. The molecule has 0 unspecified atom stereocenters. The minimum absolute atomic E-state index is 0.621. The Bertz CT molecular complexity index is 332. The van der Waals surface area contributed by atoms with Gasteiger partial charge in [0, 0.05) is 0 Å². The molecule has 1 rings (SSSR count). The van der Waals surface area contributed by atoms with Crippen molar-refractivity contribution in [1.82, 2.24) is 0 Å². The lowest BCUT2D eigenvalue weighted by Gasteiger charge is -2.06. The highest BCUT2D eigenvalue weighted by Crippen LogP contribution is 2.27. The van der Waals surface area contributed by atoms with Crippen LogP contribution < -0.4 is 0 Å². The van der Waals surface area contributed by atoms with Gasteiger partial charge in [-0.2, -0.15) is 8.78 Å². The summed E-state index contributed by atoms with van der Waals surface area (Å²) in [6.07, 6.45) is 0. The van der Waals surface area contributed by atoms with Crippen LogP contribution in [0.5, 0.6) is 0 Å². The summed E-state index contributed by atoms with van der Waals surface area (Å²) in [4.78, 5) is 7.14. The Morgan fingerprint density at radius 2 is 1.85 bits per heavy atom. The second kappa shape index (κ2) is 3.49. The van der Waals surface area contributed by atoms with E-state index in [1.807, 2.05) is 15.9 Å². The molecule has 0 aliphatic carbocycles. The van der Waals surface area contributed by atoms with E-state index in [9.17, 15) is 18.0 Å². The van der Waals surface area contributed by atoms with Gasteiger partial charge in [0.25, 0.3) is 0 Å². The van der Waals surface area contributed by atoms with Gasteiger partial charge in [-0.05, 0) is 28.1 Å². The van der Waals surface area contributed by atoms with Gasteiger partial charge in [-0.3, -0.25) is 4.79 Å². The van der Waals surface area contributed by atoms with Crippen molar-refractivity contribution < 1.29 is 18.0 Å². The van der Waals surface area contributed by atoms with E-state index in [1.165, 1.54) is 12.1 Å². The zero-order valence-electron chi connectivity index (χ0n) is 6.23. The molecule has 1 nitrogen and oxygen atoms in total. The maximum atomic E-state index is 12.8. The summed E-state index contributed by atoms with van der Waals surface area (Å²) in [5.74, 6) is -2.53. The predicted molar refractivity (Wildman–Crippen MR) is 44.6 cm³/mol. The summed E-state index contributed by atoms with van der Waals surface area (Å²) in [6.45, 7) is 0. The number of hydrogen-bond acceptors (Lipinski definition) is 1. The molecular formula is C8H4BrF3O. The molecule has 0 aromatic heterocycles. The molecule has 0 radical (unpaired) electrons. The Morgan fingerprint density at radius 1 is 1.31 bits per heavy atom. The van der Waals surface area contributed by atoms with E-state index >= 15 is 0 Å². The van der Waals surface area contributed by atoms with Gasteiger partial charge in [-0.1, -0.05) is 12.1 Å². The first kappa shape index (κ1) is 10.2. The van der Waals surface area contributed by atoms with Crippen LogP contribution >= 0.6 is 15.9 Å². The van der Waals surface area contributed by atoms with Gasteiger partial charge in [0.15, 0.2) is 0 Å². The van der Waals surface area contributed by atoms with E-state index < -0.39 is 22.0 Å². The second-order valence-corrected chi connectivity index (χ2v) is 3.30. The molecule has 0 bridgehead atoms. The molecular weight excluding hydrogens is 249 g/mol. The SMILES string of the molecule is O=C(c1ccccc1F)C(F)(F)Br. The van der Waals surface area contributed by atoms with Crippen LogP contribution in [0.15, 0.2) is 24.3 Å². The largest absolute Gasteiger partial charge is 0.363 e. The van der Waals surface area contributed by atoms with Crippen LogP contribution in [-0.4, -0.2) is 10.6 Å². The zero-order chi connectivity index (χ0) is 10.1. The molecule has 0 aliphatic rings. The molecule has 13 heavy (non-hydrogen) atoms. The van der Waals surface area contributed by atoms with Gasteiger partial charge in [0.1, 0.15) is 5.82 Å². The van der Waals surface area contributed by atoms with E-state index in [0.29, 0.717) is 0 Å². The lowest BCUT2D eigenvalue weighted by atomic mass is 10.1. The highest BCUT2D eigenvalue weighted by Gasteiger charge is 2.37. The predicted octanol–water partition coefficient (Wildman–Crippen LogP) is 3.00. The summed E-state index contributed by atoms with van der Waals surface area (Å²) >= 11 is 1.87. The summed E-state index contributed by atoms with van der Waals surface area (Å²) < 4.78 is 37.6. The third kappa shape index (κ3) is 2.30. The summed E-state index contributed by atoms with van der Waals surface area (Å²) in [5.41, 5.74) is -0.621. The molecule has 0 fully saturated rings. The van der Waals surface area contributed by atoms with Crippen LogP contribution in [0, 0.1) is 5.82 Å². The molecule has 0 aliphatic heterocycles. The standard InChI is InChI=1S/C8H4BrF3O/c9-8(11,12)7(13)5-3-1-2-4-6(5)10/h1-4H. The number of benzene rings is 1. The third-order valence-corrected chi connectivity index (χ3v) is 1.74. The Labute approximate surface area is 80.7 Å². The molecule has 0 saturated heterocycles.